The zero-order valence-electron chi connectivity index (χ0n) is 15.1. The number of carbonyl (C=O) groups excluding carboxylic acids is 1. The molecule has 0 radical (unpaired) electrons. The summed E-state index contributed by atoms with van der Waals surface area (Å²) < 4.78 is 10.7. The summed E-state index contributed by atoms with van der Waals surface area (Å²) in [5.41, 5.74) is 2.94. The van der Waals surface area contributed by atoms with Crippen molar-refractivity contribution in [3.05, 3.63) is 83.9 Å². The van der Waals surface area contributed by atoms with Gasteiger partial charge in [-0.3, -0.25) is 4.79 Å². The third-order valence-electron chi connectivity index (χ3n) is 4.52. The van der Waals surface area contributed by atoms with Crippen LogP contribution in [0.1, 0.15) is 29.5 Å². The highest BCUT2D eigenvalue weighted by molar-refractivity contribution is 5.86. The quantitative estimate of drug-likeness (QED) is 0.565. The topological polar surface area (TPSA) is 35.5 Å². The van der Waals surface area contributed by atoms with Crippen LogP contribution in [0, 0.1) is 0 Å². The van der Waals surface area contributed by atoms with Crippen molar-refractivity contribution in [1.29, 1.82) is 0 Å². The molecule has 0 bridgehead atoms. The highest BCUT2D eigenvalue weighted by atomic mass is 16.5. The third-order valence-corrected chi connectivity index (χ3v) is 4.52. The highest BCUT2D eigenvalue weighted by Crippen LogP contribution is 2.26. The second-order valence-corrected chi connectivity index (χ2v) is 6.25. The summed E-state index contributed by atoms with van der Waals surface area (Å²) in [6, 6.07) is 19.7. The fourth-order valence-corrected chi connectivity index (χ4v) is 2.80. The van der Waals surface area contributed by atoms with E-state index in [4.69, 9.17) is 9.47 Å². The second-order valence-electron chi connectivity index (χ2n) is 6.25. The van der Waals surface area contributed by atoms with Gasteiger partial charge in [-0.15, -0.1) is 0 Å². The van der Waals surface area contributed by atoms with Gasteiger partial charge in [-0.05, 0) is 46.5 Å². The summed E-state index contributed by atoms with van der Waals surface area (Å²) in [4.78, 5) is 12.4. The van der Waals surface area contributed by atoms with Crippen molar-refractivity contribution in [3.8, 4) is 5.75 Å². The molecule has 132 valence electrons. The zero-order valence-corrected chi connectivity index (χ0v) is 15.1. The number of hydrogen-bond donors (Lipinski definition) is 0. The second kappa shape index (κ2) is 7.87. The van der Waals surface area contributed by atoms with E-state index in [1.165, 1.54) is 0 Å². The molecule has 3 nitrogen and oxygen atoms in total. The number of methoxy groups -OCH3 is 1. The van der Waals surface area contributed by atoms with Gasteiger partial charge in [0, 0.05) is 0 Å². The molecule has 3 aromatic carbocycles. The molecule has 26 heavy (non-hydrogen) atoms. The van der Waals surface area contributed by atoms with Crippen LogP contribution in [0.15, 0.2) is 67.2 Å². The first-order valence-electron chi connectivity index (χ1n) is 8.56. The van der Waals surface area contributed by atoms with Crippen LogP contribution in [0.2, 0.25) is 0 Å². The Hall–Kier alpha value is -3.07. The summed E-state index contributed by atoms with van der Waals surface area (Å²) in [7, 11) is 1.65. The maximum Gasteiger partial charge on any atom is 0.313 e. The summed E-state index contributed by atoms with van der Waals surface area (Å²) in [6.45, 7) is 5.87. The van der Waals surface area contributed by atoms with E-state index in [0.29, 0.717) is 0 Å². The SMILES string of the molecule is C=Cc1ccc(COC(=O)C(C)c2ccc3cc(OC)ccc3c2)cc1. The van der Waals surface area contributed by atoms with Gasteiger partial charge < -0.3 is 9.47 Å². The van der Waals surface area contributed by atoms with Crippen LogP contribution >= 0.6 is 0 Å². The van der Waals surface area contributed by atoms with Crippen LogP contribution in [0.3, 0.4) is 0 Å². The number of rotatable bonds is 6. The van der Waals surface area contributed by atoms with E-state index in [2.05, 4.69) is 6.58 Å². The molecule has 0 aliphatic carbocycles. The number of benzene rings is 3. The monoisotopic (exact) mass is 346 g/mol. The first-order valence-corrected chi connectivity index (χ1v) is 8.56. The number of ether oxygens (including phenoxy) is 2. The lowest BCUT2D eigenvalue weighted by molar-refractivity contribution is -0.146. The van der Waals surface area contributed by atoms with E-state index in [-0.39, 0.29) is 18.5 Å². The fraction of sp³-hybridized carbons (Fsp3) is 0.174. The van der Waals surface area contributed by atoms with Crippen molar-refractivity contribution in [2.45, 2.75) is 19.4 Å². The Labute approximate surface area is 153 Å². The third kappa shape index (κ3) is 3.94. The first kappa shape index (κ1) is 17.7. The average Bonchev–Trinajstić information content (AvgIpc) is 2.70. The minimum absolute atomic E-state index is 0.231. The van der Waals surface area contributed by atoms with Crippen molar-refractivity contribution >= 4 is 22.8 Å². The summed E-state index contributed by atoms with van der Waals surface area (Å²) in [5, 5.41) is 2.15. The van der Waals surface area contributed by atoms with Gasteiger partial charge >= 0.3 is 5.97 Å². The summed E-state index contributed by atoms with van der Waals surface area (Å²) in [6.07, 6.45) is 1.78. The van der Waals surface area contributed by atoms with Crippen LogP contribution in [0.5, 0.6) is 5.75 Å². The number of esters is 1. The molecule has 0 saturated heterocycles. The standard InChI is InChI=1S/C23H22O3/c1-4-17-5-7-18(8-6-17)15-26-23(24)16(2)19-9-10-21-14-22(25-3)12-11-20(21)13-19/h4-14,16H,1,15H2,2-3H3. The van der Waals surface area contributed by atoms with Crippen LogP contribution < -0.4 is 4.74 Å². The molecule has 0 fully saturated rings. The lowest BCUT2D eigenvalue weighted by Gasteiger charge is -2.13. The summed E-state index contributed by atoms with van der Waals surface area (Å²) >= 11 is 0. The molecule has 1 unspecified atom stereocenters. The number of carbonyl (C=O) groups is 1. The average molecular weight is 346 g/mol. The molecular formula is C23H22O3. The Bertz CT molecular complexity index is 926. The first-order chi connectivity index (χ1) is 12.6. The zero-order chi connectivity index (χ0) is 18.5. The number of fused-ring (bicyclic) bond motifs is 1. The lowest BCUT2D eigenvalue weighted by Crippen LogP contribution is -2.13. The van der Waals surface area contributed by atoms with E-state index >= 15 is 0 Å². The Balaban J connectivity index is 1.69. The van der Waals surface area contributed by atoms with Gasteiger partial charge in [0.2, 0.25) is 0 Å². The Kier molecular flexibility index (Phi) is 5.37. The van der Waals surface area contributed by atoms with Gasteiger partial charge in [0.1, 0.15) is 12.4 Å². The summed E-state index contributed by atoms with van der Waals surface area (Å²) in [5.74, 6) is 0.264. The molecule has 0 amide bonds. The van der Waals surface area contributed by atoms with E-state index in [1.807, 2.05) is 67.6 Å². The van der Waals surface area contributed by atoms with E-state index < -0.39 is 0 Å². The van der Waals surface area contributed by atoms with Gasteiger partial charge in [-0.2, -0.15) is 0 Å². The molecule has 3 aromatic rings. The predicted octanol–water partition coefficient (Wildman–Crippen LogP) is 5.34. The normalized spacial score (nSPS) is 11.8. The van der Waals surface area contributed by atoms with Crippen LogP contribution in [-0.4, -0.2) is 13.1 Å². The molecule has 0 aliphatic rings. The molecule has 1 atom stereocenters. The Morgan fingerprint density at radius 2 is 1.73 bits per heavy atom. The molecular weight excluding hydrogens is 324 g/mol. The lowest BCUT2D eigenvalue weighted by atomic mass is 9.98. The van der Waals surface area contributed by atoms with Gasteiger partial charge in [-0.1, -0.05) is 61.2 Å². The molecule has 0 aliphatic heterocycles. The van der Waals surface area contributed by atoms with Crippen molar-refractivity contribution in [2.75, 3.05) is 7.11 Å². The molecule has 0 heterocycles. The van der Waals surface area contributed by atoms with E-state index in [0.717, 1.165) is 33.2 Å². The largest absolute Gasteiger partial charge is 0.497 e. The molecule has 0 N–H and O–H groups in total. The smallest absolute Gasteiger partial charge is 0.313 e. The van der Waals surface area contributed by atoms with Crippen LogP contribution in [0.4, 0.5) is 0 Å². The molecule has 3 rings (SSSR count). The minimum atomic E-state index is -0.325. The fourth-order valence-electron chi connectivity index (χ4n) is 2.80. The van der Waals surface area contributed by atoms with Crippen molar-refractivity contribution in [2.24, 2.45) is 0 Å². The van der Waals surface area contributed by atoms with Crippen molar-refractivity contribution in [3.63, 3.8) is 0 Å². The maximum absolute atomic E-state index is 12.4. The molecule has 3 heteroatoms. The van der Waals surface area contributed by atoms with Crippen molar-refractivity contribution in [1.82, 2.24) is 0 Å². The van der Waals surface area contributed by atoms with Gasteiger partial charge in [0.05, 0.1) is 13.0 Å². The van der Waals surface area contributed by atoms with Crippen LogP contribution in [-0.2, 0) is 16.1 Å². The van der Waals surface area contributed by atoms with Crippen LogP contribution in [0.25, 0.3) is 16.8 Å². The Morgan fingerprint density at radius 3 is 2.42 bits per heavy atom. The van der Waals surface area contributed by atoms with E-state index in [9.17, 15) is 4.79 Å². The van der Waals surface area contributed by atoms with Crippen molar-refractivity contribution < 1.29 is 14.3 Å². The maximum atomic E-state index is 12.4. The molecule has 0 aromatic heterocycles. The molecule has 0 saturated carbocycles. The Morgan fingerprint density at radius 1 is 1.04 bits per heavy atom. The predicted molar refractivity (Wildman–Crippen MR) is 105 cm³/mol. The van der Waals surface area contributed by atoms with Gasteiger partial charge in [0.25, 0.3) is 0 Å². The highest BCUT2D eigenvalue weighted by Gasteiger charge is 2.17. The van der Waals surface area contributed by atoms with Gasteiger partial charge in [-0.25, -0.2) is 0 Å². The van der Waals surface area contributed by atoms with E-state index in [1.54, 1.807) is 13.2 Å². The number of hydrogen-bond acceptors (Lipinski definition) is 3. The molecule has 0 spiro atoms. The van der Waals surface area contributed by atoms with Gasteiger partial charge in [0.15, 0.2) is 0 Å². The minimum Gasteiger partial charge on any atom is -0.497 e.